The summed E-state index contributed by atoms with van der Waals surface area (Å²) in [7, 11) is 1.79. The number of likely N-dealkylation sites (N-methyl/N-ethyl adjacent to an activating group) is 1. The molecule has 0 saturated heterocycles. The normalized spacial score (nSPS) is 20.6. The van der Waals surface area contributed by atoms with Gasteiger partial charge in [0.1, 0.15) is 5.54 Å². The van der Waals surface area contributed by atoms with Crippen LogP contribution in [0.3, 0.4) is 0 Å². The number of nitrogens with one attached hydrogen (secondary N) is 1. The lowest BCUT2D eigenvalue weighted by molar-refractivity contribution is -0.151. The van der Waals surface area contributed by atoms with Crippen LogP contribution in [0.25, 0.3) is 0 Å². The average molecular weight is 271 g/mol. The van der Waals surface area contributed by atoms with Crippen LogP contribution in [0.15, 0.2) is 0 Å². The lowest BCUT2D eigenvalue weighted by Crippen LogP contribution is -2.49. The Morgan fingerprint density at radius 1 is 1.26 bits per heavy atom. The number of esters is 1. The fourth-order valence-corrected chi connectivity index (χ4v) is 2.46. The molecular formula is C15H29NO3. The third-order valence-electron chi connectivity index (χ3n) is 4.04. The van der Waals surface area contributed by atoms with Crippen molar-refractivity contribution in [2.75, 3.05) is 20.3 Å². The number of hydrogen-bond donors (Lipinski definition) is 1. The van der Waals surface area contributed by atoms with Crippen molar-refractivity contribution in [1.29, 1.82) is 0 Å². The van der Waals surface area contributed by atoms with Crippen molar-refractivity contribution in [3.05, 3.63) is 0 Å². The van der Waals surface area contributed by atoms with E-state index in [0.717, 1.165) is 12.8 Å². The fraction of sp³-hybridized carbons (Fsp3) is 0.933. The first-order chi connectivity index (χ1) is 9.12. The summed E-state index contributed by atoms with van der Waals surface area (Å²) in [4.78, 5) is 11.9. The predicted molar refractivity (Wildman–Crippen MR) is 76.2 cm³/mol. The molecule has 0 spiro atoms. The predicted octanol–water partition coefficient (Wildman–Crippen LogP) is 2.66. The maximum Gasteiger partial charge on any atom is 0.326 e. The van der Waals surface area contributed by atoms with Crippen molar-refractivity contribution < 1.29 is 14.3 Å². The summed E-state index contributed by atoms with van der Waals surface area (Å²) < 4.78 is 11.0. The fourth-order valence-electron chi connectivity index (χ4n) is 2.46. The molecule has 1 rings (SSSR count). The largest absolute Gasteiger partial charge is 0.465 e. The van der Waals surface area contributed by atoms with Gasteiger partial charge in [0.05, 0.1) is 12.7 Å². The Morgan fingerprint density at radius 2 is 1.89 bits per heavy atom. The van der Waals surface area contributed by atoms with Crippen molar-refractivity contribution in [1.82, 2.24) is 5.32 Å². The monoisotopic (exact) mass is 271 g/mol. The highest BCUT2D eigenvalue weighted by Gasteiger charge is 2.32. The minimum Gasteiger partial charge on any atom is -0.465 e. The smallest absolute Gasteiger partial charge is 0.326 e. The second-order valence-corrected chi connectivity index (χ2v) is 5.54. The zero-order valence-electron chi connectivity index (χ0n) is 12.7. The standard InChI is InChI=1S/C15H29NO3/c1-4-18-14(17)15(2,16-3)11-12-19-13-9-7-5-6-8-10-13/h13,16H,4-12H2,1-3H3. The van der Waals surface area contributed by atoms with Crippen LogP contribution in [-0.2, 0) is 14.3 Å². The van der Waals surface area contributed by atoms with Crippen molar-refractivity contribution in [2.45, 2.75) is 70.4 Å². The van der Waals surface area contributed by atoms with E-state index in [0.29, 0.717) is 25.7 Å². The molecule has 4 heteroatoms. The molecule has 1 aliphatic carbocycles. The van der Waals surface area contributed by atoms with Crippen LogP contribution in [0.1, 0.15) is 58.8 Å². The summed E-state index contributed by atoms with van der Waals surface area (Å²) in [6, 6.07) is 0. The van der Waals surface area contributed by atoms with Gasteiger partial charge in [0.2, 0.25) is 0 Å². The molecule has 0 aromatic rings. The lowest BCUT2D eigenvalue weighted by atomic mass is 9.99. The van der Waals surface area contributed by atoms with Gasteiger partial charge in [-0.05, 0) is 40.2 Å². The van der Waals surface area contributed by atoms with Gasteiger partial charge in [-0.25, -0.2) is 0 Å². The summed E-state index contributed by atoms with van der Waals surface area (Å²) in [6.45, 7) is 4.73. The summed E-state index contributed by atoms with van der Waals surface area (Å²) >= 11 is 0. The summed E-state index contributed by atoms with van der Waals surface area (Å²) in [6.07, 6.45) is 8.56. The number of rotatable bonds is 7. The average Bonchev–Trinajstić information content (AvgIpc) is 2.67. The van der Waals surface area contributed by atoms with E-state index in [1.807, 2.05) is 13.8 Å². The van der Waals surface area contributed by atoms with Crippen molar-refractivity contribution in [3.8, 4) is 0 Å². The van der Waals surface area contributed by atoms with Crippen molar-refractivity contribution in [3.63, 3.8) is 0 Å². The second-order valence-electron chi connectivity index (χ2n) is 5.54. The van der Waals surface area contributed by atoms with Crippen LogP contribution in [0.2, 0.25) is 0 Å². The van der Waals surface area contributed by atoms with Crippen LogP contribution >= 0.6 is 0 Å². The van der Waals surface area contributed by atoms with E-state index < -0.39 is 5.54 Å². The second kappa shape index (κ2) is 8.54. The van der Waals surface area contributed by atoms with Gasteiger partial charge >= 0.3 is 5.97 Å². The molecule has 4 nitrogen and oxygen atoms in total. The molecule has 19 heavy (non-hydrogen) atoms. The van der Waals surface area contributed by atoms with Crippen molar-refractivity contribution >= 4 is 5.97 Å². The third kappa shape index (κ3) is 5.49. The van der Waals surface area contributed by atoms with Crippen LogP contribution in [0.5, 0.6) is 0 Å². The van der Waals surface area contributed by atoms with E-state index in [2.05, 4.69) is 5.32 Å². The van der Waals surface area contributed by atoms with Crippen LogP contribution in [0, 0.1) is 0 Å². The number of hydrogen-bond acceptors (Lipinski definition) is 4. The molecule has 112 valence electrons. The highest BCUT2D eigenvalue weighted by molar-refractivity contribution is 5.80. The molecule has 1 fully saturated rings. The lowest BCUT2D eigenvalue weighted by Gasteiger charge is -2.27. The molecule has 0 heterocycles. The van der Waals surface area contributed by atoms with Gasteiger partial charge in [0, 0.05) is 6.61 Å². The van der Waals surface area contributed by atoms with Gasteiger partial charge in [0.25, 0.3) is 0 Å². The zero-order chi connectivity index (χ0) is 14.1. The van der Waals surface area contributed by atoms with Gasteiger partial charge in [-0.2, -0.15) is 0 Å². The minimum atomic E-state index is -0.638. The molecule has 1 N–H and O–H groups in total. The van der Waals surface area contributed by atoms with E-state index in [-0.39, 0.29) is 5.97 Å². The van der Waals surface area contributed by atoms with Gasteiger partial charge in [0.15, 0.2) is 0 Å². The Bertz CT molecular complexity index is 262. The molecule has 0 aliphatic heterocycles. The highest BCUT2D eigenvalue weighted by Crippen LogP contribution is 2.21. The molecule has 1 atom stereocenters. The first-order valence-corrected chi connectivity index (χ1v) is 7.60. The van der Waals surface area contributed by atoms with E-state index in [1.165, 1.54) is 25.7 Å². The maximum absolute atomic E-state index is 11.9. The van der Waals surface area contributed by atoms with Gasteiger partial charge in [-0.15, -0.1) is 0 Å². The van der Waals surface area contributed by atoms with Crippen LogP contribution < -0.4 is 5.32 Å². The van der Waals surface area contributed by atoms with E-state index in [9.17, 15) is 4.79 Å². The molecule has 1 unspecified atom stereocenters. The Morgan fingerprint density at radius 3 is 2.42 bits per heavy atom. The third-order valence-corrected chi connectivity index (χ3v) is 4.04. The Labute approximate surface area is 117 Å². The minimum absolute atomic E-state index is 0.193. The Balaban J connectivity index is 2.33. The Kier molecular flexibility index (Phi) is 7.39. The first-order valence-electron chi connectivity index (χ1n) is 7.60. The molecule has 0 amide bonds. The molecule has 1 aliphatic rings. The maximum atomic E-state index is 11.9. The van der Waals surface area contributed by atoms with E-state index in [1.54, 1.807) is 7.05 Å². The SMILES string of the molecule is CCOC(=O)C(C)(CCOC1CCCCCC1)NC. The van der Waals surface area contributed by atoms with Gasteiger partial charge in [-0.3, -0.25) is 4.79 Å². The molecule has 0 aromatic heterocycles. The Hall–Kier alpha value is -0.610. The van der Waals surface area contributed by atoms with E-state index >= 15 is 0 Å². The summed E-state index contributed by atoms with van der Waals surface area (Å²) in [5.41, 5.74) is -0.638. The van der Waals surface area contributed by atoms with Crippen LogP contribution in [0.4, 0.5) is 0 Å². The first kappa shape index (κ1) is 16.4. The number of ether oxygens (including phenoxy) is 2. The zero-order valence-corrected chi connectivity index (χ0v) is 12.7. The number of carbonyl (C=O) groups excluding carboxylic acids is 1. The highest BCUT2D eigenvalue weighted by atomic mass is 16.5. The summed E-state index contributed by atoms with van der Waals surface area (Å²) in [5, 5.41) is 3.06. The van der Waals surface area contributed by atoms with Gasteiger partial charge in [-0.1, -0.05) is 25.7 Å². The topological polar surface area (TPSA) is 47.6 Å². The van der Waals surface area contributed by atoms with Crippen LogP contribution in [-0.4, -0.2) is 37.9 Å². The van der Waals surface area contributed by atoms with Crippen molar-refractivity contribution in [2.24, 2.45) is 0 Å². The quantitative estimate of drug-likeness (QED) is 0.571. The molecule has 0 aromatic carbocycles. The molecule has 0 radical (unpaired) electrons. The summed E-state index contributed by atoms with van der Waals surface area (Å²) in [5.74, 6) is -0.193. The number of carbonyl (C=O) groups is 1. The molecule has 0 bridgehead atoms. The van der Waals surface area contributed by atoms with Gasteiger partial charge < -0.3 is 14.8 Å². The molecule has 1 saturated carbocycles. The molecular weight excluding hydrogens is 242 g/mol. The van der Waals surface area contributed by atoms with E-state index in [4.69, 9.17) is 9.47 Å².